The molecule has 3 heterocycles. The van der Waals surface area contributed by atoms with E-state index in [0.29, 0.717) is 28.2 Å². The van der Waals surface area contributed by atoms with Crippen molar-refractivity contribution in [2.24, 2.45) is 0 Å². The maximum Gasteiger partial charge on any atom is 0.193 e. The SMILES string of the molecule is O=C(Cc1cnc(-n2nccn2)c(Cl)c1)Cc1cnc2ccc(Cl)cc2c1C1CC1. The maximum absolute atomic E-state index is 12.9. The molecule has 30 heavy (non-hydrogen) atoms. The zero-order valence-corrected chi connectivity index (χ0v) is 17.4. The maximum atomic E-state index is 12.9. The number of benzene rings is 1. The Kier molecular flexibility index (Phi) is 4.97. The monoisotopic (exact) mass is 437 g/mol. The third kappa shape index (κ3) is 3.80. The molecule has 0 atom stereocenters. The van der Waals surface area contributed by atoms with Crippen molar-refractivity contribution < 1.29 is 4.79 Å². The lowest BCUT2D eigenvalue weighted by atomic mass is 9.95. The molecule has 0 spiro atoms. The van der Waals surface area contributed by atoms with E-state index in [1.54, 1.807) is 24.7 Å². The highest BCUT2D eigenvalue weighted by Crippen LogP contribution is 2.45. The van der Waals surface area contributed by atoms with Gasteiger partial charge in [-0.15, -0.1) is 4.80 Å². The lowest BCUT2D eigenvalue weighted by Crippen LogP contribution is -2.10. The predicted molar refractivity (Wildman–Crippen MR) is 115 cm³/mol. The van der Waals surface area contributed by atoms with Crippen molar-refractivity contribution in [3.63, 3.8) is 0 Å². The number of carbonyl (C=O) groups excluding carboxylic acids is 1. The molecule has 4 aromatic rings. The highest BCUT2D eigenvalue weighted by molar-refractivity contribution is 6.32. The summed E-state index contributed by atoms with van der Waals surface area (Å²) in [6.45, 7) is 0. The Morgan fingerprint density at radius 1 is 1.03 bits per heavy atom. The van der Waals surface area contributed by atoms with Crippen LogP contribution in [-0.2, 0) is 17.6 Å². The first-order valence-corrected chi connectivity index (χ1v) is 10.4. The van der Waals surface area contributed by atoms with E-state index in [0.717, 1.165) is 34.9 Å². The van der Waals surface area contributed by atoms with E-state index < -0.39 is 0 Å². The summed E-state index contributed by atoms with van der Waals surface area (Å²) in [5.41, 5.74) is 3.86. The minimum Gasteiger partial charge on any atom is -0.299 e. The summed E-state index contributed by atoms with van der Waals surface area (Å²) < 4.78 is 0. The number of hydrogen-bond donors (Lipinski definition) is 0. The fourth-order valence-corrected chi connectivity index (χ4v) is 4.20. The Morgan fingerprint density at radius 3 is 2.57 bits per heavy atom. The van der Waals surface area contributed by atoms with Gasteiger partial charge in [-0.1, -0.05) is 23.2 Å². The van der Waals surface area contributed by atoms with Crippen LogP contribution in [0.25, 0.3) is 16.7 Å². The molecule has 1 saturated carbocycles. The Morgan fingerprint density at radius 2 is 1.83 bits per heavy atom. The van der Waals surface area contributed by atoms with Crippen LogP contribution in [0.3, 0.4) is 0 Å². The van der Waals surface area contributed by atoms with Gasteiger partial charge in [0.2, 0.25) is 0 Å². The van der Waals surface area contributed by atoms with Crippen molar-refractivity contribution in [1.82, 2.24) is 25.0 Å². The second-order valence-corrected chi connectivity index (χ2v) is 8.34. The highest BCUT2D eigenvalue weighted by Gasteiger charge is 2.29. The standard InChI is InChI=1S/C22H17Cl2N5O/c23-16-3-4-20-18(10-16)21(14-1-2-14)15(12-25-20)9-17(30)7-13-8-19(24)22(26-11-13)29-27-5-6-28-29/h3-6,8,10-12,14H,1-2,7,9H2. The first-order valence-electron chi connectivity index (χ1n) is 9.68. The second-order valence-electron chi connectivity index (χ2n) is 7.49. The van der Waals surface area contributed by atoms with E-state index in [4.69, 9.17) is 23.2 Å². The normalized spacial score (nSPS) is 13.7. The molecule has 1 aromatic carbocycles. The number of carbonyl (C=O) groups is 1. The van der Waals surface area contributed by atoms with Gasteiger partial charge in [-0.2, -0.15) is 10.2 Å². The van der Waals surface area contributed by atoms with Gasteiger partial charge in [-0.25, -0.2) is 4.98 Å². The van der Waals surface area contributed by atoms with Crippen LogP contribution in [0.5, 0.6) is 0 Å². The van der Waals surface area contributed by atoms with Gasteiger partial charge in [0.15, 0.2) is 5.82 Å². The molecule has 150 valence electrons. The summed E-state index contributed by atoms with van der Waals surface area (Å²) in [5, 5.41) is 10.2. The number of rotatable bonds is 6. The zero-order chi connectivity index (χ0) is 20.7. The molecule has 3 aromatic heterocycles. The van der Waals surface area contributed by atoms with Gasteiger partial charge in [0, 0.05) is 35.6 Å². The molecule has 5 rings (SSSR count). The number of aromatic nitrogens is 5. The van der Waals surface area contributed by atoms with Gasteiger partial charge in [0.25, 0.3) is 0 Å². The van der Waals surface area contributed by atoms with Crippen molar-refractivity contribution in [3.05, 3.63) is 75.8 Å². The number of nitrogens with zero attached hydrogens (tertiary/aromatic N) is 5. The smallest absolute Gasteiger partial charge is 0.193 e. The Bertz CT molecular complexity index is 1250. The molecule has 0 radical (unpaired) electrons. The largest absolute Gasteiger partial charge is 0.299 e. The topological polar surface area (TPSA) is 73.6 Å². The minimum absolute atomic E-state index is 0.0860. The minimum atomic E-state index is 0.0860. The Balaban J connectivity index is 1.39. The highest BCUT2D eigenvalue weighted by atomic mass is 35.5. The third-order valence-corrected chi connectivity index (χ3v) is 5.73. The molecular formula is C22H17Cl2N5O. The van der Waals surface area contributed by atoms with Gasteiger partial charge >= 0.3 is 0 Å². The molecule has 6 nitrogen and oxygen atoms in total. The van der Waals surface area contributed by atoms with Gasteiger partial charge in [-0.3, -0.25) is 9.78 Å². The average Bonchev–Trinajstić information content (AvgIpc) is 3.40. The van der Waals surface area contributed by atoms with Crippen LogP contribution in [0.2, 0.25) is 10.0 Å². The molecule has 0 amide bonds. The van der Waals surface area contributed by atoms with Crippen LogP contribution in [0.4, 0.5) is 0 Å². The molecule has 0 saturated heterocycles. The molecule has 1 fully saturated rings. The lowest BCUT2D eigenvalue weighted by molar-refractivity contribution is -0.117. The summed E-state index contributed by atoms with van der Waals surface area (Å²) >= 11 is 12.5. The third-order valence-electron chi connectivity index (χ3n) is 5.22. The fourth-order valence-electron chi connectivity index (χ4n) is 3.76. The number of hydrogen-bond acceptors (Lipinski definition) is 5. The van der Waals surface area contributed by atoms with E-state index in [2.05, 4.69) is 20.2 Å². The summed E-state index contributed by atoms with van der Waals surface area (Å²) in [6, 6.07) is 7.47. The molecule has 0 aliphatic heterocycles. The predicted octanol–water partition coefficient (Wildman–Crippen LogP) is 4.75. The van der Waals surface area contributed by atoms with E-state index in [1.807, 2.05) is 24.4 Å². The first kappa shape index (κ1) is 19.2. The van der Waals surface area contributed by atoms with Gasteiger partial charge in [0.05, 0.1) is 22.9 Å². The van der Waals surface area contributed by atoms with E-state index >= 15 is 0 Å². The fraction of sp³-hybridized carbons (Fsp3) is 0.227. The van der Waals surface area contributed by atoms with Crippen LogP contribution in [-0.4, -0.2) is 30.7 Å². The first-order chi connectivity index (χ1) is 14.6. The van der Waals surface area contributed by atoms with Crippen molar-refractivity contribution >= 4 is 39.9 Å². The molecule has 8 heteroatoms. The van der Waals surface area contributed by atoms with Crippen LogP contribution >= 0.6 is 23.2 Å². The number of pyridine rings is 2. The van der Waals surface area contributed by atoms with Gasteiger partial charge in [-0.05, 0) is 59.7 Å². The summed E-state index contributed by atoms with van der Waals surface area (Å²) in [5.74, 6) is 1.00. The number of ketones is 1. The quantitative estimate of drug-likeness (QED) is 0.435. The Hall–Kier alpha value is -2.83. The zero-order valence-electron chi connectivity index (χ0n) is 15.9. The number of fused-ring (bicyclic) bond motifs is 1. The summed E-state index contributed by atoms with van der Waals surface area (Å²) in [4.78, 5) is 23.1. The van der Waals surface area contributed by atoms with Crippen molar-refractivity contribution in [1.29, 1.82) is 0 Å². The van der Waals surface area contributed by atoms with Crippen LogP contribution in [0.1, 0.15) is 35.4 Å². The molecule has 1 aliphatic carbocycles. The number of Topliss-reactive ketones (excluding diaryl/α,β-unsaturated/α-hetero) is 1. The van der Waals surface area contributed by atoms with E-state index in [1.165, 1.54) is 10.4 Å². The van der Waals surface area contributed by atoms with Crippen LogP contribution in [0.15, 0.2) is 49.1 Å². The second kappa shape index (κ2) is 7.78. The van der Waals surface area contributed by atoms with Crippen molar-refractivity contribution in [3.8, 4) is 5.82 Å². The molecular weight excluding hydrogens is 421 g/mol. The van der Waals surface area contributed by atoms with Crippen molar-refractivity contribution in [2.45, 2.75) is 31.6 Å². The van der Waals surface area contributed by atoms with Crippen LogP contribution < -0.4 is 0 Å². The van der Waals surface area contributed by atoms with Gasteiger partial charge in [0.1, 0.15) is 5.78 Å². The summed E-state index contributed by atoms with van der Waals surface area (Å²) in [6.07, 6.45) is 9.42. The van der Waals surface area contributed by atoms with Gasteiger partial charge < -0.3 is 0 Å². The molecule has 0 N–H and O–H groups in total. The lowest BCUT2D eigenvalue weighted by Gasteiger charge is -2.12. The molecule has 0 unspecified atom stereocenters. The molecule has 0 bridgehead atoms. The average molecular weight is 438 g/mol. The van der Waals surface area contributed by atoms with Crippen molar-refractivity contribution in [2.75, 3.05) is 0 Å². The van der Waals surface area contributed by atoms with E-state index in [9.17, 15) is 4.79 Å². The number of halogens is 2. The molecule has 1 aliphatic rings. The van der Waals surface area contributed by atoms with E-state index in [-0.39, 0.29) is 12.2 Å². The van der Waals surface area contributed by atoms with Crippen LogP contribution in [0, 0.1) is 0 Å². The summed E-state index contributed by atoms with van der Waals surface area (Å²) in [7, 11) is 0. The Labute approximate surface area is 182 Å².